The topological polar surface area (TPSA) is 66.3 Å². The van der Waals surface area contributed by atoms with Gasteiger partial charge in [-0.1, -0.05) is 0 Å². The molecule has 2 fully saturated rings. The minimum absolute atomic E-state index is 0.203. The molecule has 1 aromatic rings. The van der Waals surface area contributed by atoms with Gasteiger partial charge in [0, 0.05) is 32.0 Å². The fourth-order valence-corrected chi connectivity index (χ4v) is 3.04. The van der Waals surface area contributed by atoms with E-state index in [1.165, 1.54) is 12.8 Å². The number of aromatic nitrogens is 2. The predicted octanol–water partition coefficient (Wildman–Crippen LogP) is 1.33. The average molecular weight is 261 g/mol. The first-order valence-corrected chi connectivity index (χ1v) is 6.86. The molecule has 3 rings (SSSR count). The third-order valence-corrected chi connectivity index (χ3v) is 4.21. The van der Waals surface area contributed by atoms with Crippen molar-refractivity contribution < 1.29 is 9.90 Å². The smallest absolute Gasteiger partial charge is 0.308 e. The van der Waals surface area contributed by atoms with Crippen molar-refractivity contribution >= 4 is 5.97 Å². The van der Waals surface area contributed by atoms with Gasteiger partial charge in [0.25, 0.3) is 0 Å². The molecule has 1 saturated carbocycles. The van der Waals surface area contributed by atoms with Crippen molar-refractivity contribution in [2.24, 2.45) is 17.8 Å². The van der Waals surface area contributed by atoms with Crippen LogP contribution in [0.2, 0.25) is 0 Å². The number of nitrogens with zero attached hydrogens (tertiary/aromatic N) is 3. The molecule has 1 aromatic heterocycles. The van der Waals surface area contributed by atoms with E-state index in [9.17, 15) is 9.90 Å². The van der Waals surface area contributed by atoms with Crippen molar-refractivity contribution in [2.75, 3.05) is 13.1 Å². The van der Waals surface area contributed by atoms with E-state index in [0.717, 1.165) is 17.9 Å². The molecule has 2 aliphatic rings. The van der Waals surface area contributed by atoms with Crippen molar-refractivity contribution in [1.29, 1.82) is 0 Å². The van der Waals surface area contributed by atoms with Gasteiger partial charge >= 0.3 is 5.97 Å². The molecule has 1 aliphatic heterocycles. The minimum atomic E-state index is -0.644. The van der Waals surface area contributed by atoms with Crippen LogP contribution in [-0.2, 0) is 11.3 Å². The molecule has 2 heterocycles. The summed E-state index contributed by atoms with van der Waals surface area (Å²) in [5.41, 5.74) is 1.83. The number of likely N-dealkylation sites (tertiary alicyclic amines) is 1. The third-order valence-electron chi connectivity index (χ3n) is 4.21. The number of aliphatic carboxylic acids is 1. The summed E-state index contributed by atoms with van der Waals surface area (Å²) in [7, 11) is 0. The number of aryl methyl sites for hydroxylation is 1. The maximum absolute atomic E-state index is 11.3. The van der Waals surface area contributed by atoms with Crippen LogP contribution in [0.5, 0.6) is 0 Å². The van der Waals surface area contributed by atoms with E-state index in [2.05, 4.69) is 14.9 Å². The molecule has 0 spiro atoms. The molecule has 2 atom stereocenters. The molecule has 0 bridgehead atoms. The number of carbonyl (C=O) groups is 1. The lowest BCUT2D eigenvalue weighted by Crippen LogP contribution is -2.24. The Morgan fingerprint density at radius 1 is 1.37 bits per heavy atom. The molecule has 0 unspecified atom stereocenters. The van der Waals surface area contributed by atoms with Gasteiger partial charge in [-0.3, -0.25) is 19.7 Å². The molecule has 0 aromatic carbocycles. The summed E-state index contributed by atoms with van der Waals surface area (Å²) >= 11 is 0. The zero-order valence-corrected chi connectivity index (χ0v) is 11.1. The summed E-state index contributed by atoms with van der Waals surface area (Å²) < 4.78 is 0. The summed E-state index contributed by atoms with van der Waals surface area (Å²) in [5, 5.41) is 9.33. The molecule has 0 amide bonds. The number of carboxylic acids is 1. The Bertz CT molecular complexity index is 470. The van der Waals surface area contributed by atoms with E-state index >= 15 is 0 Å². The summed E-state index contributed by atoms with van der Waals surface area (Å²) in [6.45, 7) is 4.15. The Morgan fingerprint density at radius 3 is 2.74 bits per heavy atom. The highest BCUT2D eigenvalue weighted by atomic mass is 16.4. The van der Waals surface area contributed by atoms with Crippen molar-refractivity contribution in [2.45, 2.75) is 26.3 Å². The van der Waals surface area contributed by atoms with Gasteiger partial charge in [0.2, 0.25) is 0 Å². The Hall–Kier alpha value is -1.49. The van der Waals surface area contributed by atoms with Crippen molar-refractivity contribution in [1.82, 2.24) is 14.9 Å². The summed E-state index contributed by atoms with van der Waals surface area (Å²) in [6, 6.07) is 0. The van der Waals surface area contributed by atoms with Crippen LogP contribution in [0.25, 0.3) is 0 Å². The van der Waals surface area contributed by atoms with Gasteiger partial charge in [0.05, 0.1) is 17.3 Å². The first kappa shape index (κ1) is 12.5. The van der Waals surface area contributed by atoms with Crippen LogP contribution < -0.4 is 0 Å². The van der Waals surface area contributed by atoms with Gasteiger partial charge in [-0.05, 0) is 31.6 Å². The van der Waals surface area contributed by atoms with Crippen LogP contribution in [-0.4, -0.2) is 39.0 Å². The second kappa shape index (κ2) is 4.89. The van der Waals surface area contributed by atoms with Crippen LogP contribution in [0.1, 0.15) is 24.2 Å². The van der Waals surface area contributed by atoms with E-state index in [1.54, 1.807) is 12.4 Å². The first-order chi connectivity index (χ1) is 9.13. The standard InChI is InChI=1S/C14H19N3O2/c1-9-4-16-11(5-15-9)6-17-7-12(10-2-3-10)13(8-17)14(18)19/h4-5,10,12-13H,2-3,6-8H2,1H3,(H,18,19)/t12-,13+/m1/s1. The quantitative estimate of drug-likeness (QED) is 0.885. The SMILES string of the molecule is Cc1cnc(CN2C[C@H](C(=O)O)[C@@H](C3CC3)C2)cn1. The van der Waals surface area contributed by atoms with Gasteiger partial charge in [0.15, 0.2) is 0 Å². The highest BCUT2D eigenvalue weighted by Crippen LogP contribution is 2.44. The van der Waals surface area contributed by atoms with Gasteiger partial charge in [0.1, 0.15) is 0 Å². The van der Waals surface area contributed by atoms with Crippen molar-refractivity contribution in [3.8, 4) is 0 Å². The maximum Gasteiger partial charge on any atom is 0.308 e. The van der Waals surface area contributed by atoms with Crippen LogP contribution in [0.15, 0.2) is 12.4 Å². The Morgan fingerprint density at radius 2 is 2.16 bits per heavy atom. The van der Waals surface area contributed by atoms with Crippen LogP contribution in [0.3, 0.4) is 0 Å². The zero-order chi connectivity index (χ0) is 13.4. The predicted molar refractivity (Wildman–Crippen MR) is 69.4 cm³/mol. The van der Waals surface area contributed by atoms with E-state index in [4.69, 9.17) is 0 Å². The number of hydrogen-bond donors (Lipinski definition) is 1. The van der Waals surface area contributed by atoms with Crippen molar-refractivity contribution in [3.63, 3.8) is 0 Å². The monoisotopic (exact) mass is 261 g/mol. The molecule has 1 aliphatic carbocycles. The second-order valence-electron chi connectivity index (χ2n) is 5.79. The Labute approximate surface area is 112 Å². The molecule has 0 radical (unpaired) electrons. The summed E-state index contributed by atoms with van der Waals surface area (Å²) in [6.07, 6.45) is 5.95. The van der Waals surface area contributed by atoms with Crippen LogP contribution in [0, 0.1) is 24.7 Å². The van der Waals surface area contributed by atoms with Gasteiger partial charge in [-0.2, -0.15) is 0 Å². The van der Waals surface area contributed by atoms with Gasteiger partial charge < -0.3 is 5.11 Å². The number of carboxylic acid groups (broad SMARTS) is 1. The maximum atomic E-state index is 11.3. The molecule has 5 heteroatoms. The molecule has 102 valence electrons. The van der Waals surface area contributed by atoms with Gasteiger partial charge in [-0.25, -0.2) is 0 Å². The lowest BCUT2D eigenvalue weighted by molar-refractivity contribution is -0.142. The lowest BCUT2D eigenvalue weighted by atomic mass is 9.92. The zero-order valence-electron chi connectivity index (χ0n) is 11.1. The molecular weight excluding hydrogens is 242 g/mol. The molecule has 5 nitrogen and oxygen atoms in total. The lowest BCUT2D eigenvalue weighted by Gasteiger charge is -2.14. The summed E-state index contributed by atoms with van der Waals surface area (Å²) in [5.74, 6) is 0.117. The minimum Gasteiger partial charge on any atom is -0.481 e. The van der Waals surface area contributed by atoms with E-state index in [-0.39, 0.29) is 5.92 Å². The molecule has 19 heavy (non-hydrogen) atoms. The molecule has 1 N–H and O–H groups in total. The number of rotatable bonds is 4. The molecular formula is C14H19N3O2. The fraction of sp³-hybridized carbons (Fsp3) is 0.643. The Balaban J connectivity index is 1.66. The molecule has 1 saturated heterocycles. The first-order valence-electron chi connectivity index (χ1n) is 6.86. The van der Waals surface area contributed by atoms with Gasteiger partial charge in [-0.15, -0.1) is 0 Å². The Kier molecular flexibility index (Phi) is 3.22. The van der Waals surface area contributed by atoms with Crippen LogP contribution in [0.4, 0.5) is 0 Å². The van der Waals surface area contributed by atoms with E-state index in [1.807, 2.05) is 6.92 Å². The number of hydrogen-bond acceptors (Lipinski definition) is 4. The third kappa shape index (κ3) is 2.76. The van der Waals surface area contributed by atoms with E-state index in [0.29, 0.717) is 24.9 Å². The normalized spacial score (nSPS) is 27.6. The highest BCUT2D eigenvalue weighted by molar-refractivity contribution is 5.71. The highest BCUT2D eigenvalue weighted by Gasteiger charge is 2.45. The van der Waals surface area contributed by atoms with Crippen molar-refractivity contribution in [3.05, 3.63) is 23.8 Å². The summed E-state index contributed by atoms with van der Waals surface area (Å²) in [4.78, 5) is 22.1. The second-order valence-corrected chi connectivity index (χ2v) is 5.79. The average Bonchev–Trinajstić information content (AvgIpc) is 3.13. The largest absolute Gasteiger partial charge is 0.481 e. The fourth-order valence-electron chi connectivity index (χ4n) is 3.04. The van der Waals surface area contributed by atoms with E-state index < -0.39 is 5.97 Å². The van der Waals surface area contributed by atoms with Crippen LogP contribution >= 0.6 is 0 Å².